The number of benzene rings is 2. The minimum Gasteiger partial charge on any atom is -0.493 e. The fraction of sp³-hybridized carbons (Fsp3) is 0.136. The number of halogens is 7. The molecule has 0 unspecified atom stereocenters. The van der Waals surface area contributed by atoms with E-state index in [-0.39, 0.29) is 22.9 Å². The normalized spacial score (nSPS) is 11.6. The summed E-state index contributed by atoms with van der Waals surface area (Å²) in [5.74, 6) is -6.74. The largest absolute Gasteiger partial charge is 0.573 e. The molecule has 196 valence electrons. The van der Waals surface area contributed by atoms with E-state index < -0.39 is 52.8 Å². The molecule has 0 fully saturated rings. The number of carbonyl (C=O) groups excluding carboxylic acids is 2. The lowest BCUT2D eigenvalue weighted by atomic mass is 10.1. The number of pyridine rings is 1. The number of primary amides is 1. The van der Waals surface area contributed by atoms with Gasteiger partial charge in [-0.1, -0.05) is 0 Å². The van der Waals surface area contributed by atoms with Crippen molar-refractivity contribution in [3.63, 3.8) is 0 Å². The van der Waals surface area contributed by atoms with Gasteiger partial charge in [0.05, 0.1) is 18.2 Å². The van der Waals surface area contributed by atoms with Crippen molar-refractivity contribution in [1.29, 1.82) is 0 Å². The van der Waals surface area contributed by atoms with Crippen molar-refractivity contribution in [2.45, 2.75) is 12.5 Å². The van der Waals surface area contributed by atoms with Crippen LogP contribution in [-0.2, 0) is 6.18 Å². The summed E-state index contributed by atoms with van der Waals surface area (Å²) in [6.45, 7) is 0. The summed E-state index contributed by atoms with van der Waals surface area (Å²) in [5, 5.41) is 2.07. The topological polar surface area (TPSA) is 113 Å². The second-order valence-electron chi connectivity index (χ2n) is 7.01. The number of amides is 2. The Morgan fingerprint density at radius 1 is 0.946 bits per heavy atom. The summed E-state index contributed by atoms with van der Waals surface area (Å²) in [6.07, 6.45) is -9.25. The van der Waals surface area contributed by atoms with Crippen LogP contribution in [0.1, 0.15) is 26.3 Å². The van der Waals surface area contributed by atoms with Crippen molar-refractivity contribution in [1.82, 2.24) is 4.98 Å². The third-order valence-electron chi connectivity index (χ3n) is 4.51. The molecule has 3 aromatic rings. The van der Waals surface area contributed by atoms with Crippen LogP contribution in [-0.4, -0.2) is 30.3 Å². The lowest BCUT2D eigenvalue weighted by Crippen LogP contribution is -2.19. The molecule has 0 aliphatic carbocycles. The zero-order valence-electron chi connectivity index (χ0n) is 18.3. The maximum absolute atomic E-state index is 15.0. The second kappa shape index (κ2) is 10.2. The van der Waals surface area contributed by atoms with Crippen LogP contribution in [0.5, 0.6) is 23.0 Å². The van der Waals surface area contributed by atoms with Gasteiger partial charge in [-0.2, -0.15) is 13.2 Å². The molecular formula is C22H14F7N3O5. The molecule has 0 atom stereocenters. The van der Waals surface area contributed by atoms with E-state index in [2.05, 4.69) is 15.0 Å². The number of methoxy groups -OCH3 is 1. The maximum atomic E-state index is 15.0. The number of aromatic nitrogens is 1. The monoisotopic (exact) mass is 533 g/mol. The fourth-order valence-electron chi connectivity index (χ4n) is 2.91. The maximum Gasteiger partial charge on any atom is 0.573 e. The number of hydrogen-bond donors (Lipinski definition) is 2. The summed E-state index contributed by atoms with van der Waals surface area (Å²) >= 11 is 0. The molecule has 15 heteroatoms. The van der Waals surface area contributed by atoms with Crippen LogP contribution in [0.4, 0.5) is 36.6 Å². The molecule has 2 aromatic carbocycles. The molecule has 1 heterocycles. The third kappa shape index (κ3) is 6.56. The zero-order chi connectivity index (χ0) is 27.5. The van der Waals surface area contributed by atoms with E-state index in [1.165, 1.54) is 0 Å². The Morgan fingerprint density at radius 2 is 1.62 bits per heavy atom. The Labute approximate surface area is 202 Å². The minimum atomic E-state index is -5.19. The molecule has 0 aliphatic rings. The van der Waals surface area contributed by atoms with E-state index in [1.54, 1.807) is 0 Å². The lowest BCUT2D eigenvalue weighted by Gasteiger charge is -2.17. The van der Waals surface area contributed by atoms with E-state index in [0.29, 0.717) is 12.1 Å². The Balaban J connectivity index is 2.02. The van der Waals surface area contributed by atoms with E-state index in [0.717, 1.165) is 43.6 Å². The number of rotatable bonds is 7. The predicted molar refractivity (Wildman–Crippen MR) is 112 cm³/mol. The van der Waals surface area contributed by atoms with E-state index in [9.17, 15) is 40.3 Å². The average molecular weight is 533 g/mol. The van der Waals surface area contributed by atoms with Crippen LogP contribution in [0.2, 0.25) is 0 Å². The third-order valence-corrected chi connectivity index (χ3v) is 4.51. The fourth-order valence-corrected chi connectivity index (χ4v) is 2.91. The first kappa shape index (κ1) is 27.0. The van der Waals surface area contributed by atoms with Gasteiger partial charge in [-0.25, -0.2) is 9.37 Å². The number of anilines is 1. The van der Waals surface area contributed by atoms with Gasteiger partial charge in [0.25, 0.3) is 5.91 Å². The van der Waals surface area contributed by atoms with Crippen LogP contribution >= 0.6 is 0 Å². The second-order valence-corrected chi connectivity index (χ2v) is 7.01. The summed E-state index contributed by atoms with van der Waals surface area (Å²) in [4.78, 5) is 27.6. The van der Waals surface area contributed by atoms with Gasteiger partial charge in [-0.15, -0.1) is 13.2 Å². The van der Waals surface area contributed by atoms with E-state index in [4.69, 9.17) is 15.2 Å². The van der Waals surface area contributed by atoms with Crippen LogP contribution in [0.3, 0.4) is 0 Å². The molecule has 0 spiro atoms. The first-order valence-corrected chi connectivity index (χ1v) is 9.78. The summed E-state index contributed by atoms with van der Waals surface area (Å²) in [5.41, 5.74) is 2.04. The average Bonchev–Trinajstić information content (AvgIpc) is 2.78. The smallest absolute Gasteiger partial charge is 0.493 e. The molecule has 0 bridgehead atoms. The summed E-state index contributed by atoms with van der Waals surface area (Å²) in [7, 11) is 1.04. The van der Waals surface area contributed by atoms with Crippen molar-refractivity contribution in [2.75, 3.05) is 12.4 Å². The molecule has 3 rings (SSSR count). The van der Waals surface area contributed by atoms with Crippen molar-refractivity contribution < 1.29 is 54.5 Å². The number of nitrogens with one attached hydrogen (secondary N) is 1. The highest BCUT2D eigenvalue weighted by Crippen LogP contribution is 2.40. The van der Waals surface area contributed by atoms with E-state index >= 15 is 0 Å². The summed E-state index contributed by atoms with van der Waals surface area (Å²) < 4.78 is 106. The molecule has 2 amide bonds. The lowest BCUT2D eigenvalue weighted by molar-refractivity contribution is -0.274. The van der Waals surface area contributed by atoms with Gasteiger partial charge >= 0.3 is 12.5 Å². The molecule has 1 aromatic heterocycles. The van der Waals surface area contributed by atoms with Crippen LogP contribution in [0, 0.1) is 5.82 Å². The molecule has 0 saturated carbocycles. The first-order valence-electron chi connectivity index (χ1n) is 9.78. The quantitative estimate of drug-likeness (QED) is 0.399. The van der Waals surface area contributed by atoms with Gasteiger partial charge in [0, 0.05) is 12.3 Å². The van der Waals surface area contributed by atoms with Crippen LogP contribution < -0.4 is 25.3 Å². The Kier molecular flexibility index (Phi) is 7.45. The highest BCUT2D eigenvalue weighted by Gasteiger charge is 2.38. The van der Waals surface area contributed by atoms with Gasteiger partial charge in [-0.3, -0.25) is 9.59 Å². The van der Waals surface area contributed by atoms with Crippen LogP contribution in [0.15, 0.2) is 48.7 Å². The number of nitrogens with two attached hydrogens (primary N) is 1. The van der Waals surface area contributed by atoms with Crippen LogP contribution in [0.25, 0.3) is 0 Å². The van der Waals surface area contributed by atoms with E-state index in [1.807, 2.05) is 0 Å². The molecule has 0 radical (unpaired) electrons. The van der Waals surface area contributed by atoms with Crippen molar-refractivity contribution in [3.05, 3.63) is 71.2 Å². The van der Waals surface area contributed by atoms with Crippen molar-refractivity contribution >= 4 is 17.6 Å². The predicted octanol–water partition coefficient (Wildman–Crippen LogP) is 5.29. The standard InChI is InChI=1S/C22H14F7N3O5/c1-35-15-8-11(37-22(27,28)29)3-5-13(15)36-14-6-4-12(21(24,25)26)18(23)17(14)20(34)32-16-7-2-10(9-31-16)19(30)33/h2-9H,1H3,(H2,30,33)(H,31,32,34). The van der Waals surface area contributed by atoms with Gasteiger partial charge in [0.1, 0.15) is 22.9 Å². The molecule has 0 aliphatic heterocycles. The summed E-state index contributed by atoms with van der Waals surface area (Å²) in [6, 6.07) is 5.66. The van der Waals surface area contributed by atoms with Gasteiger partial charge < -0.3 is 25.3 Å². The Morgan fingerprint density at radius 3 is 2.16 bits per heavy atom. The van der Waals surface area contributed by atoms with Crippen molar-refractivity contribution in [3.8, 4) is 23.0 Å². The first-order chi connectivity index (χ1) is 17.2. The Bertz CT molecular complexity index is 1330. The Hall–Kier alpha value is -4.56. The van der Waals surface area contributed by atoms with Gasteiger partial charge in [0.2, 0.25) is 5.91 Å². The number of ether oxygens (including phenoxy) is 3. The number of nitrogens with zero attached hydrogens (tertiary/aromatic N) is 1. The highest BCUT2D eigenvalue weighted by molar-refractivity contribution is 6.06. The number of alkyl halides is 6. The SMILES string of the molecule is COc1cc(OC(F)(F)F)ccc1Oc1ccc(C(F)(F)F)c(F)c1C(=O)Nc1ccc(C(N)=O)cn1. The molecule has 0 saturated heterocycles. The number of carbonyl (C=O) groups is 2. The van der Waals surface area contributed by atoms with Gasteiger partial charge in [0.15, 0.2) is 17.3 Å². The molecule has 8 nitrogen and oxygen atoms in total. The minimum absolute atomic E-state index is 0.0442. The molecule has 3 N–H and O–H groups in total. The van der Waals surface area contributed by atoms with Gasteiger partial charge in [-0.05, 0) is 36.4 Å². The zero-order valence-corrected chi connectivity index (χ0v) is 18.3. The highest BCUT2D eigenvalue weighted by atomic mass is 19.4. The molecular weight excluding hydrogens is 519 g/mol. The molecule has 37 heavy (non-hydrogen) atoms. The van der Waals surface area contributed by atoms with Crippen molar-refractivity contribution in [2.24, 2.45) is 5.73 Å². The number of hydrogen-bond acceptors (Lipinski definition) is 6.